The van der Waals surface area contributed by atoms with Crippen LogP contribution in [-0.2, 0) is 4.74 Å². The highest BCUT2D eigenvalue weighted by Crippen LogP contribution is 2.32. The summed E-state index contributed by atoms with van der Waals surface area (Å²) >= 11 is 0. The standard InChI is InChI=1S/C22H21NO5/c1-3-4-12-26-22(25)19-13-17(28-16-8-6-5-7-9-16)10-11-18(19)21-20(15(2)24)23-14-27-21/h5-11,13-14H,3-4,12H2,1-2H3. The molecule has 0 amide bonds. The molecule has 0 saturated heterocycles. The summed E-state index contributed by atoms with van der Waals surface area (Å²) in [6.45, 7) is 3.73. The molecule has 0 radical (unpaired) electrons. The number of hydrogen-bond donors (Lipinski definition) is 0. The molecular formula is C22H21NO5. The second kappa shape index (κ2) is 8.99. The van der Waals surface area contributed by atoms with Gasteiger partial charge in [0.2, 0.25) is 0 Å². The number of hydrogen-bond acceptors (Lipinski definition) is 6. The van der Waals surface area contributed by atoms with E-state index >= 15 is 0 Å². The Kier molecular flexibility index (Phi) is 6.22. The number of para-hydroxylation sites is 1. The zero-order chi connectivity index (χ0) is 19.9. The lowest BCUT2D eigenvalue weighted by Crippen LogP contribution is -2.09. The van der Waals surface area contributed by atoms with Gasteiger partial charge in [0.15, 0.2) is 23.6 Å². The van der Waals surface area contributed by atoms with Crippen molar-refractivity contribution in [1.82, 2.24) is 4.98 Å². The van der Waals surface area contributed by atoms with Gasteiger partial charge in [-0.2, -0.15) is 0 Å². The number of ketones is 1. The van der Waals surface area contributed by atoms with E-state index in [1.54, 1.807) is 18.2 Å². The van der Waals surface area contributed by atoms with Crippen LogP contribution in [0.15, 0.2) is 59.3 Å². The fraction of sp³-hybridized carbons (Fsp3) is 0.227. The highest BCUT2D eigenvalue weighted by atomic mass is 16.5. The lowest BCUT2D eigenvalue weighted by atomic mass is 10.0. The van der Waals surface area contributed by atoms with Crippen molar-refractivity contribution < 1.29 is 23.5 Å². The highest BCUT2D eigenvalue weighted by molar-refractivity contribution is 6.02. The maximum absolute atomic E-state index is 12.7. The van der Waals surface area contributed by atoms with Gasteiger partial charge in [0.05, 0.1) is 12.2 Å². The molecule has 0 aliphatic heterocycles. The minimum Gasteiger partial charge on any atom is -0.462 e. The predicted molar refractivity (Wildman–Crippen MR) is 104 cm³/mol. The number of oxazole rings is 1. The van der Waals surface area contributed by atoms with E-state index in [-0.39, 0.29) is 22.8 Å². The molecule has 1 heterocycles. The number of ether oxygens (including phenoxy) is 2. The van der Waals surface area contributed by atoms with Crippen LogP contribution < -0.4 is 4.74 Å². The Labute approximate surface area is 163 Å². The van der Waals surface area contributed by atoms with Crippen molar-refractivity contribution in [2.24, 2.45) is 0 Å². The van der Waals surface area contributed by atoms with Crippen molar-refractivity contribution >= 4 is 11.8 Å². The van der Waals surface area contributed by atoms with Gasteiger partial charge in [-0.05, 0) is 36.8 Å². The molecule has 1 aromatic heterocycles. The van der Waals surface area contributed by atoms with Gasteiger partial charge in [0.25, 0.3) is 0 Å². The smallest absolute Gasteiger partial charge is 0.339 e. The van der Waals surface area contributed by atoms with Crippen molar-refractivity contribution in [3.8, 4) is 22.8 Å². The van der Waals surface area contributed by atoms with Gasteiger partial charge in [0, 0.05) is 12.5 Å². The van der Waals surface area contributed by atoms with Gasteiger partial charge in [-0.3, -0.25) is 4.79 Å². The largest absolute Gasteiger partial charge is 0.462 e. The van der Waals surface area contributed by atoms with Crippen LogP contribution in [0.25, 0.3) is 11.3 Å². The van der Waals surface area contributed by atoms with Crippen molar-refractivity contribution in [2.75, 3.05) is 6.61 Å². The summed E-state index contributed by atoms with van der Waals surface area (Å²) in [6.07, 6.45) is 2.86. The van der Waals surface area contributed by atoms with Gasteiger partial charge in [-0.15, -0.1) is 0 Å². The fourth-order valence-electron chi connectivity index (χ4n) is 2.65. The predicted octanol–water partition coefficient (Wildman–Crippen LogP) is 5.29. The van der Waals surface area contributed by atoms with Crippen LogP contribution in [0.3, 0.4) is 0 Å². The first-order chi connectivity index (χ1) is 13.6. The lowest BCUT2D eigenvalue weighted by Gasteiger charge is -2.12. The molecule has 144 valence electrons. The van der Waals surface area contributed by atoms with Crippen molar-refractivity contribution in [3.05, 3.63) is 66.2 Å². The van der Waals surface area contributed by atoms with Crippen molar-refractivity contribution in [2.45, 2.75) is 26.7 Å². The molecule has 3 rings (SSSR count). The number of unbranched alkanes of at least 4 members (excludes halogenated alkanes) is 1. The number of esters is 1. The van der Waals surface area contributed by atoms with Crippen molar-refractivity contribution in [1.29, 1.82) is 0 Å². The quantitative estimate of drug-likeness (QED) is 0.300. The molecule has 0 atom stereocenters. The average molecular weight is 379 g/mol. The number of carbonyl (C=O) groups is 2. The minimum absolute atomic E-state index is 0.166. The number of nitrogens with zero attached hydrogens (tertiary/aromatic N) is 1. The number of carbonyl (C=O) groups excluding carboxylic acids is 2. The maximum Gasteiger partial charge on any atom is 0.339 e. The molecule has 0 aliphatic rings. The molecule has 0 unspecified atom stereocenters. The third-order valence-corrected chi connectivity index (χ3v) is 4.07. The van der Waals surface area contributed by atoms with E-state index in [1.807, 2.05) is 37.3 Å². The van der Waals surface area contributed by atoms with Gasteiger partial charge >= 0.3 is 5.97 Å². The molecule has 0 saturated carbocycles. The van der Waals surface area contributed by atoms with E-state index in [4.69, 9.17) is 13.9 Å². The topological polar surface area (TPSA) is 78.6 Å². The molecule has 6 heteroatoms. The Morgan fingerprint density at radius 2 is 1.86 bits per heavy atom. The zero-order valence-corrected chi connectivity index (χ0v) is 15.8. The molecule has 0 N–H and O–H groups in total. The summed E-state index contributed by atoms with van der Waals surface area (Å²) in [7, 11) is 0. The Morgan fingerprint density at radius 3 is 2.57 bits per heavy atom. The van der Waals surface area contributed by atoms with Crippen LogP contribution >= 0.6 is 0 Å². The molecule has 0 fully saturated rings. The zero-order valence-electron chi connectivity index (χ0n) is 15.8. The average Bonchev–Trinajstić information content (AvgIpc) is 3.19. The van der Waals surface area contributed by atoms with E-state index in [2.05, 4.69) is 4.98 Å². The molecule has 2 aromatic carbocycles. The van der Waals surface area contributed by atoms with Gasteiger partial charge < -0.3 is 13.9 Å². The van der Waals surface area contributed by atoms with E-state index in [0.717, 1.165) is 12.8 Å². The molecule has 28 heavy (non-hydrogen) atoms. The molecule has 0 aliphatic carbocycles. The molecule has 3 aromatic rings. The summed E-state index contributed by atoms with van der Waals surface area (Å²) in [5, 5.41) is 0. The Morgan fingerprint density at radius 1 is 1.07 bits per heavy atom. The van der Waals surface area contributed by atoms with E-state index < -0.39 is 5.97 Å². The second-order valence-electron chi connectivity index (χ2n) is 6.20. The number of Topliss-reactive ketones (excluding diaryl/α,β-unsaturated/α-hetero) is 1. The lowest BCUT2D eigenvalue weighted by molar-refractivity contribution is 0.0500. The minimum atomic E-state index is -0.507. The molecular weight excluding hydrogens is 358 g/mol. The summed E-state index contributed by atoms with van der Waals surface area (Å²) in [5.41, 5.74) is 0.854. The fourth-order valence-corrected chi connectivity index (χ4v) is 2.65. The first-order valence-corrected chi connectivity index (χ1v) is 9.09. The number of aromatic nitrogens is 1. The van der Waals surface area contributed by atoms with Gasteiger partial charge in [-0.25, -0.2) is 9.78 Å². The van der Waals surface area contributed by atoms with E-state index in [1.165, 1.54) is 13.3 Å². The Hall–Kier alpha value is -3.41. The van der Waals surface area contributed by atoms with Crippen molar-refractivity contribution in [3.63, 3.8) is 0 Å². The molecule has 0 bridgehead atoms. The first kappa shape index (κ1) is 19.4. The van der Waals surface area contributed by atoms with Gasteiger partial charge in [-0.1, -0.05) is 31.5 Å². The summed E-state index contributed by atoms with van der Waals surface area (Å²) in [6, 6.07) is 14.2. The maximum atomic E-state index is 12.7. The number of benzene rings is 2. The molecule has 0 spiro atoms. The van der Waals surface area contributed by atoms with Crippen LogP contribution in [0.4, 0.5) is 0 Å². The first-order valence-electron chi connectivity index (χ1n) is 9.09. The third kappa shape index (κ3) is 4.46. The van der Waals surface area contributed by atoms with Crippen LogP contribution in [0.1, 0.15) is 47.5 Å². The summed E-state index contributed by atoms with van der Waals surface area (Å²) in [5.74, 6) is 0.596. The van der Waals surface area contributed by atoms with E-state index in [0.29, 0.717) is 23.7 Å². The summed E-state index contributed by atoms with van der Waals surface area (Å²) in [4.78, 5) is 28.5. The Balaban J connectivity index is 1.99. The van der Waals surface area contributed by atoms with E-state index in [9.17, 15) is 9.59 Å². The monoisotopic (exact) mass is 379 g/mol. The normalized spacial score (nSPS) is 10.5. The Bertz CT molecular complexity index is 962. The third-order valence-electron chi connectivity index (χ3n) is 4.07. The number of rotatable bonds is 8. The van der Waals surface area contributed by atoms with Gasteiger partial charge in [0.1, 0.15) is 11.5 Å². The molecule has 6 nitrogen and oxygen atoms in total. The van der Waals surface area contributed by atoms with Crippen LogP contribution in [0, 0.1) is 0 Å². The van der Waals surface area contributed by atoms with Crippen LogP contribution in [0.5, 0.6) is 11.5 Å². The highest BCUT2D eigenvalue weighted by Gasteiger charge is 2.22. The van der Waals surface area contributed by atoms with Crippen LogP contribution in [-0.4, -0.2) is 23.3 Å². The second-order valence-corrected chi connectivity index (χ2v) is 6.20. The van der Waals surface area contributed by atoms with Crippen LogP contribution in [0.2, 0.25) is 0 Å². The SMILES string of the molecule is CCCCOC(=O)c1cc(Oc2ccccc2)ccc1-c1ocnc1C(C)=O. The summed E-state index contributed by atoms with van der Waals surface area (Å²) < 4.78 is 16.6.